The summed E-state index contributed by atoms with van der Waals surface area (Å²) in [6.07, 6.45) is 6.43. The van der Waals surface area contributed by atoms with Crippen molar-refractivity contribution in [2.45, 2.75) is 58.5 Å². The van der Waals surface area contributed by atoms with Gasteiger partial charge >= 0.3 is 0 Å². The normalized spacial score (nSPS) is 11.4. The number of hydrogen-bond donors (Lipinski definition) is 1. The number of nitrogens with zero attached hydrogens (tertiary/aromatic N) is 1. The summed E-state index contributed by atoms with van der Waals surface area (Å²) < 4.78 is 0. The lowest BCUT2D eigenvalue weighted by Crippen LogP contribution is -2.31. The first kappa shape index (κ1) is 16.2. The molecule has 0 unspecified atom stereocenters. The van der Waals surface area contributed by atoms with E-state index in [4.69, 9.17) is 5.73 Å². The van der Waals surface area contributed by atoms with Gasteiger partial charge in [0.25, 0.3) is 0 Å². The van der Waals surface area contributed by atoms with Crippen molar-refractivity contribution in [3.05, 3.63) is 35.9 Å². The summed E-state index contributed by atoms with van der Waals surface area (Å²) in [5.41, 5.74) is 6.92. The second-order valence-corrected chi connectivity index (χ2v) is 5.61. The molecule has 0 aromatic heterocycles. The maximum atomic E-state index is 5.51. The van der Waals surface area contributed by atoms with E-state index in [0.29, 0.717) is 6.04 Å². The van der Waals surface area contributed by atoms with Gasteiger partial charge in [0.15, 0.2) is 0 Å². The molecule has 1 aromatic rings. The van der Waals surface area contributed by atoms with Crippen LogP contribution in [0.2, 0.25) is 0 Å². The summed E-state index contributed by atoms with van der Waals surface area (Å²) in [4.78, 5) is 2.57. The second-order valence-electron chi connectivity index (χ2n) is 5.61. The molecule has 1 rings (SSSR count). The Labute approximate surface area is 119 Å². The maximum Gasteiger partial charge on any atom is 0.0236 e. The van der Waals surface area contributed by atoms with E-state index in [0.717, 1.165) is 13.1 Å². The van der Waals surface area contributed by atoms with E-state index in [1.807, 2.05) is 0 Å². The molecule has 1 aromatic carbocycles. The monoisotopic (exact) mass is 262 g/mol. The van der Waals surface area contributed by atoms with Gasteiger partial charge in [0.1, 0.15) is 0 Å². The Kier molecular flexibility index (Phi) is 8.52. The van der Waals surface area contributed by atoms with E-state index in [1.54, 1.807) is 0 Å². The smallest absolute Gasteiger partial charge is 0.0236 e. The summed E-state index contributed by atoms with van der Waals surface area (Å²) in [7, 11) is 0. The van der Waals surface area contributed by atoms with E-state index < -0.39 is 0 Å². The third-order valence-electron chi connectivity index (χ3n) is 3.61. The van der Waals surface area contributed by atoms with Gasteiger partial charge in [-0.3, -0.25) is 4.90 Å². The molecule has 19 heavy (non-hydrogen) atoms. The van der Waals surface area contributed by atoms with Crippen LogP contribution in [0.1, 0.15) is 51.5 Å². The molecule has 0 saturated carbocycles. The van der Waals surface area contributed by atoms with Gasteiger partial charge in [-0.15, -0.1) is 0 Å². The zero-order chi connectivity index (χ0) is 13.9. The molecule has 0 aliphatic carbocycles. The van der Waals surface area contributed by atoms with E-state index in [9.17, 15) is 0 Å². The highest BCUT2D eigenvalue weighted by atomic mass is 15.1. The fourth-order valence-electron chi connectivity index (χ4n) is 2.33. The number of unbranched alkanes of at least 4 members (excludes halogenated alkanes) is 4. The van der Waals surface area contributed by atoms with Crippen LogP contribution in [0.25, 0.3) is 0 Å². The third kappa shape index (κ3) is 7.34. The van der Waals surface area contributed by atoms with Crippen LogP contribution in [0.3, 0.4) is 0 Å². The topological polar surface area (TPSA) is 29.3 Å². The molecule has 0 aliphatic rings. The molecule has 0 fully saturated rings. The van der Waals surface area contributed by atoms with Crippen LogP contribution in [0.15, 0.2) is 30.3 Å². The molecule has 0 saturated heterocycles. The Bertz CT molecular complexity index is 308. The van der Waals surface area contributed by atoms with Crippen LogP contribution in [-0.2, 0) is 6.54 Å². The molecule has 0 radical (unpaired) electrons. The first-order valence-electron chi connectivity index (χ1n) is 7.72. The molecule has 0 amide bonds. The van der Waals surface area contributed by atoms with Gasteiger partial charge in [-0.2, -0.15) is 0 Å². The van der Waals surface area contributed by atoms with Crippen molar-refractivity contribution in [2.75, 3.05) is 13.1 Å². The van der Waals surface area contributed by atoms with Gasteiger partial charge in [-0.25, -0.2) is 0 Å². The van der Waals surface area contributed by atoms with Crippen LogP contribution in [0.4, 0.5) is 0 Å². The lowest BCUT2D eigenvalue weighted by molar-refractivity contribution is 0.208. The lowest BCUT2D eigenvalue weighted by atomic mass is 10.1. The molecule has 0 spiro atoms. The molecule has 0 aliphatic heterocycles. The van der Waals surface area contributed by atoms with E-state index >= 15 is 0 Å². The van der Waals surface area contributed by atoms with Crippen molar-refractivity contribution in [3.63, 3.8) is 0 Å². The van der Waals surface area contributed by atoms with Crippen LogP contribution >= 0.6 is 0 Å². The number of rotatable bonds is 10. The van der Waals surface area contributed by atoms with Gasteiger partial charge in [0, 0.05) is 12.6 Å². The van der Waals surface area contributed by atoms with E-state index in [2.05, 4.69) is 49.1 Å². The van der Waals surface area contributed by atoms with E-state index in [-0.39, 0.29) is 0 Å². The van der Waals surface area contributed by atoms with Gasteiger partial charge in [-0.05, 0) is 45.3 Å². The SMILES string of the molecule is CC(C)N(CCCCCCCN)Cc1ccccc1. The molecule has 0 heterocycles. The average Bonchev–Trinajstić information content (AvgIpc) is 2.42. The van der Waals surface area contributed by atoms with Crippen LogP contribution in [0, 0.1) is 0 Å². The van der Waals surface area contributed by atoms with E-state index in [1.165, 1.54) is 44.2 Å². The number of nitrogens with two attached hydrogens (primary N) is 1. The van der Waals surface area contributed by atoms with Gasteiger partial charge in [0.2, 0.25) is 0 Å². The molecule has 108 valence electrons. The molecule has 2 N–H and O–H groups in total. The van der Waals surface area contributed by atoms with Crippen LogP contribution in [-0.4, -0.2) is 24.0 Å². The minimum absolute atomic E-state index is 0.615. The average molecular weight is 262 g/mol. The highest BCUT2D eigenvalue weighted by molar-refractivity contribution is 5.14. The van der Waals surface area contributed by atoms with Crippen molar-refractivity contribution in [3.8, 4) is 0 Å². The van der Waals surface area contributed by atoms with Crippen molar-refractivity contribution in [2.24, 2.45) is 5.73 Å². The van der Waals surface area contributed by atoms with Crippen molar-refractivity contribution >= 4 is 0 Å². The molecule has 2 heteroatoms. The predicted octanol–water partition coefficient (Wildman–Crippen LogP) is 3.81. The first-order valence-corrected chi connectivity index (χ1v) is 7.72. The van der Waals surface area contributed by atoms with Gasteiger partial charge < -0.3 is 5.73 Å². The third-order valence-corrected chi connectivity index (χ3v) is 3.61. The molecule has 0 bridgehead atoms. The van der Waals surface area contributed by atoms with Crippen molar-refractivity contribution in [1.29, 1.82) is 0 Å². The fourth-order valence-corrected chi connectivity index (χ4v) is 2.33. The zero-order valence-electron chi connectivity index (χ0n) is 12.6. The molecular weight excluding hydrogens is 232 g/mol. The largest absolute Gasteiger partial charge is 0.330 e. The quantitative estimate of drug-likeness (QED) is 0.650. The Hall–Kier alpha value is -0.860. The van der Waals surface area contributed by atoms with Crippen LogP contribution in [0.5, 0.6) is 0 Å². The molecule has 0 atom stereocenters. The molecule has 2 nitrogen and oxygen atoms in total. The first-order chi connectivity index (χ1) is 9.24. The minimum atomic E-state index is 0.615. The van der Waals surface area contributed by atoms with Crippen molar-refractivity contribution in [1.82, 2.24) is 4.90 Å². The van der Waals surface area contributed by atoms with Gasteiger partial charge in [-0.1, -0.05) is 49.6 Å². The lowest BCUT2D eigenvalue weighted by Gasteiger charge is -2.26. The standard InChI is InChI=1S/C17H30N2/c1-16(2)19(14-10-5-3-4-9-13-18)15-17-11-7-6-8-12-17/h6-8,11-12,16H,3-5,9-10,13-15,18H2,1-2H3. The highest BCUT2D eigenvalue weighted by Crippen LogP contribution is 2.11. The Balaban J connectivity index is 2.25. The van der Waals surface area contributed by atoms with Crippen molar-refractivity contribution < 1.29 is 0 Å². The predicted molar refractivity (Wildman–Crippen MR) is 84.1 cm³/mol. The number of benzene rings is 1. The zero-order valence-corrected chi connectivity index (χ0v) is 12.6. The molecular formula is C17H30N2. The Morgan fingerprint density at radius 3 is 2.21 bits per heavy atom. The number of hydrogen-bond acceptors (Lipinski definition) is 2. The second kappa shape index (κ2) is 9.99. The summed E-state index contributed by atoms with van der Waals surface area (Å²) in [5, 5.41) is 0. The summed E-state index contributed by atoms with van der Waals surface area (Å²) >= 11 is 0. The van der Waals surface area contributed by atoms with Gasteiger partial charge in [0.05, 0.1) is 0 Å². The fraction of sp³-hybridized carbons (Fsp3) is 0.647. The Morgan fingerprint density at radius 2 is 1.58 bits per heavy atom. The summed E-state index contributed by atoms with van der Waals surface area (Å²) in [6.45, 7) is 7.69. The Morgan fingerprint density at radius 1 is 0.947 bits per heavy atom. The van der Waals surface area contributed by atoms with Crippen LogP contribution < -0.4 is 5.73 Å². The summed E-state index contributed by atoms with van der Waals surface area (Å²) in [6, 6.07) is 11.4. The highest BCUT2D eigenvalue weighted by Gasteiger charge is 2.09. The summed E-state index contributed by atoms with van der Waals surface area (Å²) in [5.74, 6) is 0. The maximum absolute atomic E-state index is 5.51. The minimum Gasteiger partial charge on any atom is -0.330 e.